The largest absolute Gasteiger partial charge is 0.508 e. The Morgan fingerprint density at radius 3 is 1.88 bits per heavy atom. The fraction of sp³-hybridized carbons (Fsp3) is 0.441. The van der Waals surface area contributed by atoms with Crippen LogP contribution in [0.25, 0.3) is 0 Å². The number of esters is 1. The first kappa shape index (κ1) is 34.7. The summed E-state index contributed by atoms with van der Waals surface area (Å²) in [6.45, 7) is -0.493. The Labute approximate surface area is 280 Å². The second-order valence-corrected chi connectivity index (χ2v) is 12.1. The topological polar surface area (TPSA) is 223 Å². The van der Waals surface area contributed by atoms with E-state index >= 15 is 0 Å². The first-order valence-corrected chi connectivity index (χ1v) is 15.5. The van der Waals surface area contributed by atoms with Crippen LogP contribution >= 0.6 is 0 Å². The molecule has 7 N–H and O–H groups in total. The van der Waals surface area contributed by atoms with Crippen LogP contribution in [0.3, 0.4) is 0 Å². The first-order valence-electron chi connectivity index (χ1n) is 15.5. The molecule has 3 aromatic carbocycles. The van der Waals surface area contributed by atoms with Crippen molar-refractivity contribution in [1.82, 2.24) is 0 Å². The fourth-order valence-corrected chi connectivity index (χ4v) is 6.50. The third-order valence-corrected chi connectivity index (χ3v) is 9.05. The Morgan fingerprint density at radius 2 is 1.29 bits per heavy atom. The molecule has 0 bridgehead atoms. The summed E-state index contributed by atoms with van der Waals surface area (Å²) in [6.07, 6.45) is -12.7. The van der Waals surface area contributed by atoms with E-state index in [1.807, 2.05) is 0 Å². The molecule has 0 radical (unpaired) electrons. The molecule has 0 aliphatic carbocycles. The Morgan fingerprint density at radius 1 is 0.694 bits per heavy atom. The van der Waals surface area contributed by atoms with Gasteiger partial charge in [0.2, 0.25) is 0 Å². The number of rotatable bonds is 10. The van der Waals surface area contributed by atoms with Gasteiger partial charge in [-0.15, -0.1) is 0 Å². The Hall–Kier alpha value is -4.19. The molecule has 15 nitrogen and oxygen atoms in total. The molecule has 0 unspecified atom stereocenters. The average molecular weight is 687 g/mol. The van der Waals surface area contributed by atoms with E-state index in [2.05, 4.69) is 0 Å². The van der Waals surface area contributed by atoms with Crippen molar-refractivity contribution in [3.63, 3.8) is 0 Å². The van der Waals surface area contributed by atoms with Crippen LogP contribution in [0.5, 0.6) is 28.7 Å². The van der Waals surface area contributed by atoms with E-state index in [1.54, 1.807) is 24.3 Å². The van der Waals surface area contributed by atoms with Gasteiger partial charge < -0.3 is 68.9 Å². The van der Waals surface area contributed by atoms with Crippen LogP contribution in [0.4, 0.5) is 0 Å². The zero-order valence-corrected chi connectivity index (χ0v) is 26.4. The maximum atomic E-state index is 12.5. The maximum Gasteiger partial charge on any atom is 0.310 e. The van der Waals surface area contributed by atoms with Gasteiger partial charge in [-0.3, -0.25) is 4.79 Å². The minimum Gasteiger partial charge on any atom is -0.508 e. The van der Waals surface area contributed by atoms with Gasteiger partial charge in [0, 0.05) is 0 Å². The van der Waals surface area contributed by atoms with Gasteiger partial charge in [-0.1, -0.05) is 24.3 Å². The van der Waals surface area contributed by atoms with Gasteiger partial charge in [0.25, 0.3) is 0 Å². The minimum atomic E-state index is -1.77. The van der Waals surface area contributed by atoms with Crippen molar-refractivity contribution in [3.8, 4) is 28.7 Å². The number of aliphatic hydroxyl groups excluding tert-OH is 4. The van der Waals surface area contributed by atoms with Crippen molar-refractivity contribution in [2.45, 2.75) is 61.9 Å². The molecule has 3 saturated heterocycles. The van der Waals surface area contributed by atoms with E-state index in [0.29, 0.717) is 16.7 Å². The van der Waals surface area contributed by atoms with Crippen LogP contribution in [-0.4, -0.2) is 106 Å². The zero-order chi connectivity index (χ0) is 35.0. The van der Waals surface area contributed by atoms with Gasteiger partial charge in [0.05, 0.1) is 44.7 Å². The number of hydrogen-bond acceptors (Lipinski definition) is 15. The van der Waals surface area contributed by atoms with Crippen molar-refractivity contribution >= 4 is 5.97 Å². The molecule has 49 heavy (non-hydrogen) atoms. The monoisotopic (exact) mass is 686 g/mol. The van der Waals surface area contributed by atoms with Crippen molar-refractivity contribution in [2.75, 3.05) is 20.8 Å². The second-order valence-electron chi connectivity index (χ2n) is 12.1. The number of methoxy groups -OCH3 is 2. The number of hydrogen-bond donors (Lipinski definition) is 7. The molecule has 0 saturated carbocycles. The number of carbonyl (C=O) groups excluding carboxylic acids is 1. The van der Waals surface area contributed by atoms with Crippen LogP contribution < -0.4 is 9.47 Å². The molecule has 3 aliphatic heterocycles. The van der Waals surface area contributed by atoms with Crippen LogP contribution in [-0.2, 0) is 34.9 Å². The number of fused-ring (bicyclic) bond motifs is 1. The molecule has 0 spiro atoms. The van der Waals surface area contributed by atoms with Gasteiger partial charge in [-0.25, -0.2) is 0 Å². The van der Waals surface area contributed by atoms with Gasteiger partial charge in [0.1, 0.15) is 36.8 Å². The normalized spacial score (nSPS) is 32.4. The van der Waals surface area contributed by atoms with Crippen LogP contribution in [0, 0.1) is 11.8 Å². The summed E-state index contributed by atoms with van der Waals surface area (Å²) in [5.74, 6) is -2.12. The van der Waals surface area contributed by atoms with Crippen molar-refractivity contribution in [1.29, 1.82) is 0 Å². The van der Waals surface area contributed by atoms with Crippen molar-refractivity contribution in [2.24, 2.45) is 11.8 Å². The van der Waals surface area contributed by atoms with Crippen molar-refractivity contribution in [3.05, 3.63) is 77.4 Å². The molecular weight excluding hydrogens is 648 g/mol. The lowest BCUT2D eigenvalue weighted by Gasteiger charge is -2.41. The number of phenols is 3. The quantitative estimate of drug-likeness (QED) is 0.149. The third-order valence-electron chi connectivity index (χ3n) is 9.05. The molecule has 0 aromatic heterocycles. The van der Waals surface area contributed by atoms with Gasteiger partial charge in [-0.2, -0.15) is 0 Å². The molecule has 6 rings (SSSR count). The predicted molar refractivity (Wildman–Crippen MR) is 164 cm³/mol. The SMILES string of the molecule is COc1cc([C@H]2O[C@@H](O[C@@H]3O[C@H](COC(=O)Cc4ccc(O)cc4)[C@@H](O)[C@H](O)[C@H]3O)[C@H]3[C@@H]2[C@H](O)O[C@@H]3c2ccc(O)c(OC)c2)ccc1O. The fourth-order valence-electron chi connectivity index (χ4n) is 6.50. The van der Waals surface area contributed by atoms with Gasteiger partial charge in [0.15, 0.2) is 41.9 Å². The highest BCUT2D eigenvalue weighted by Crippen LogP contribution is 2.57. The van der Waals surface area contributed by atoms with E-state index in [1.165, 1.54) is 50.6 Å². The van der Waals surface area contributed by atoms with Gasteiger partial charge in [-0.05, 0) is 53.1 Å². The Kier molecular flexibility index (Phi) is 10.1. The minimum absolute atomic E-state index is 0.0360. The Balaban J connectivity index is 1.25. The van der Waals surface area contributed by atoms with Crippen LogP contribution in [0.15, 0.2) is 60.7 Å². The number of carbonyl (C=O) groups is 1. The number of aliphatic hydroxyl groups is 4. The summed E-state index contributed by atoms with van der Waals surface area (Å²) in [5.41, 5.74) is 1.57. The Bertz CT molecular complexity index is 1560. The average Bonchev–Trinajstić information content (AvgIpc) is 3.64. The smallest absolute Gasteiger partial charge is 0.310 e. The van der Waals surface area contributed by atoms with E-state index in [4.69, 9.17) is 33.2 Å². The molecule has 3 heterocycles. The molecular formula is C34H38O15. The van der Waals surface area contributed by atoms with Gasteiger partial charge >= 0.3 is 5.97 Å². The molecule has 3 aromatic rings. The summed E-state index contributed by atoms with van der Waals surface area (Å²) < 4.78 is 40.2. The molecule has 0 amide bonds. The zero-order valence-electron chi connectivity index (χ0n) is 26.4. The van der Waals surface area contributed by atoms with E-state index in [-0.39, 0.29) is 35.2 Å². The summed E-state index contributed by atoms with van der Waals surface area (Å²) in [4.78, 5) is 12.5. The van der Waals surface area contributed by atoms with Crippen LogP contribution in [0.2, 0.25) is 0 Å². The van der Waals surface area contributed by atoms with E-state index < -0.39 is 79.9 Å². The molecule has 264 valence electrons. The van der Waals surface area contributed by atoms with E-state index in [9.17, 15) is 40.5 Å². The van der Waals surface area contributed by atoms with E-state index in [0.717, 1.165) is 0 Å². The van der Waals surface area contributed by atoms with Crippen molar-refractivity contribution < 1.29 is 73.7 Å². The number of phenolic OH excluding ortho intramolecular Hbond substituents is 3. The lowest BCUT2D eigenvalue weighted by atomic mass is 9.83. The first-order chi connectivity index (χ1) is 23.5. The molecule has 3 aliphatic rings. The molecule has 11 atom stereocenters. The summed E-state index contributed by atoms with van der Waals surface area (Å²) in [5, 5.41) is 73.4. The predicted octanol–water partition coefficient (Wildman–Crippen LogP) is 1.15. The number of aromatic hydroxyl groups is 3. The second kappa shape index (κ2) is 14.3. The van der Waals surface area contributed by atoms with Crippen LogP contribution in [0.1, 0.15) is 28.9 Å². The highest BCUT2D eigenvalue weighted by Gasteiger charge is 2.60. The molecule has 3 fully saturated rings. The lowest BCUT2D eigenvalue weighted by molar-refractivity contribution is -0.342. The highest BCUT2D eigenvalue weighted by molar-refractivity contribution is 5.72. The summed E-state index contributed by atoms with van der Waals surface area (Å²) >= 11 is 0. The summed E-state index contributed by atoms with van der Waals surface area (Å²) in [6, 6.07) is 15.0. The molecule has 15 heteroatoms. The number of ether oxygens (including phenoxy) is 7. The lowest BCUT2D eigenvalue weighted by Crippen LogP contribution is -2.60. The highest BCUT2D eigenvalue weighted by atomic mass is 16.8. The standard InChI is InChI=1S/C34H38O15/c1-43-21-12-16(5-9-19(21)36)30-25-26(31(47-32(25)42)17-6-10-20(37)22(13-17)44-2)33(48-30)49-34-29(41)28(40)27(39)23(46-34)14-45-24(38)11-15-3-7-18(35)8-4-15/h3-10,12-13,23,25-37,39-42H,11,14H2,1-2H3/t23-,25+,26+,27-,28+,29-,30-,31-,32-,33+,34+/m1/s1. The maximum absolute atomic E-state index is 12.5. The number of benzene rings is 3. The summed E-state index contributed by atoms with van der Waals surface area (Å²) in [7, 11) is 2.76. The third kappa shape index (κ3) is 6.97.